The SMILES string of the molecule is C[C@@H](OC(=O)c1c2c(nc3ccccc13)CCC2)C(=O)c1ccc(Cl)cc1. The summed E-state index contributed by atoms with van der Waals surface area (Å²) in [5.74, 6) is -0.725. The van der Waals surface area contributed by atoms with Crippen molar-refractivity contribution in [2.45, 2.75) is 32.3 Å². The van der Waals surface area contributed by atoms with Crippen LogP contribution in [0.25, 0.3) is 10.9 Å². The van der Waals surface area contributed by atoms with Crippen LogP contribution < -0.4 is 0 Å². The summed E-state index contributed by atoms with van der Waals surface area (Å²) in [5, 5.41) is 1.32. The third-order valence-electron chi connectivity index (χ3n) is 4.91. The summed E-state index contributed by atoms with van der Waals surface area (Å²) < 4.78 is 5.57. The van der Waals surface area contributed by atoms with Gasteiger partial charge in [-0.3, -0.25) is 9.78 Å². The molecular formula is C22H18ClNO3. The maximum Gasteiger partial charge on any atom is 0.339 e. The van der Waals surface area contributed by atoms with Gasteiger partial charge in [0, 0.05) is 21.7 Å². The second-order valence-corrected chi connectivity index (χ2v) is 7.14. The summed E-state index contributed by atoms with van der Waals surface area (Å²) in [6.45, 7) is 1.60. The minimum absolute atomic E-state index is 0.255. The number of benzene rings is 2. The smallest absolute Gasteiger partial charge is 0.339 e. The Kier molecular flexibility index (Phi) is 4.66. The number of nitrogens with zero attached hydrogens (tertiary/aromatic N) is 1. The second-order valence-electron chi connectivity index (χ2n) is 6.70. The summed E-state index contributed by atoms with van der Waals surface area (Å²) in [4.78, 5) is 30.3. The molecule has 5 heteroatoms. The van der Waals surface area contributed by atoms with E-state index in [2.05, 4.69) is 4.98 Å². The van der Waals surface area contributed by atoms with Crippen molar-refractivity contribution in [2.75, 3.05) is 0 Å². The number of ketones is 1. The van der Waals surface area contributed by atoms with Crippen LogP contribution in [0.15, 0.2) is 48.5 Å². The zero-order valence-electron chi connectivity index (χ0n) is 14.9. The summed E-state index contributed by atoms with van der Waals surface area (Å²) >= 11 is 5.87. The minimum atomic E-state index is -0.886. The molecule has 0 radical (unpaired) electrons. The van der Waals surface area contributed by atoms with E-state index in [0.717, 1.165) is 41.4 Å². The van der Waals surface area contributed by atoms with Crippen LogP contribution in [-0.4, -0.2) is 22.8 Å². The standard InChI is InChI=1S/C22H18ClNO3/c1-13(21(25)14-9-11-15(23)12-10-14)27-22(26)20-16-5-2-3-7-18(16)24-19-8-4-6-17(19)20/h2-3,5,7,9-13H,4,6,8H2,1H3/t13-/m1/s1. The lowest BCUT2D eigenvalue weighted by Gasteiger charge is -2.16. The summed E-state index contributed by atoms with van der Waals surface area (Å²) in [7, 11) is 0. The van der Waals surface area contributed by atoms with E-state index in [-0.39, 0.29) is 5.78 Å². The quantitative estimate of drug-likeness (QED) is 0.482. The highest BCUT2D eigenvalue weighted by atomic mass is 35.5. The van der Waals surface area contributed by atoms with Crippen molar-refractivity contribution in [3.8, 4) is 0 Å². The fourth-order valence-electron chi connectivity index (χ4n) is 3.57. The first-order valence-corrected chi connectivity index (χ1v) is 9.33. The van der Waals surface area contributed by atoms with E-state index in [1.807, 2.05) is 24.3 Å². The average Bonchev–Trinajstić information content (AvgIpc) is 3.13. The Balaban J connectivity index is 1.65. The minimum Gasteiger partial charge on any atom is -0.451 e. The molecule has 27 heavy (non-hydrogen) atoms. The fraction of sp³-hybridized carbons (Fsp3) is 0.227. The van der Waals surface area contributed by atoms with Crippen molar-refractivity contribution in [1.82, 2.24) is 4.98 Å². The number of Topliss-reactive ketones (excluding diaryl/α,β-unsaturated/α-hetero) is 1. The lowest BCUT2D eigenvalue weighted by Crippen LogP contribution is -2.25. The van der Waals surface area contributed by atoms with Gasteiger partial charge in [0.1, 0.15) is 0 Å². The topological polar surface area (TPSA) is 56.3 Å². The molecule has 3 aromatic rings. The number of fused-ring (bicyclic) bond motifs is 2. The number of aromatic nitrogens is 1. The van der Waals surface area contributed by atoms with Crippen LogP contribution in [0.4, 0.5) is 0 Å². The molecule has 0 spiro atoms. The molecule has 136 valence electrons. The molecule has 0 saturated heterocycles. The van der Waals surface area contributed by atoms with Gasteiger partial charge in [-0.25, -0.2) is 4.79 Å². The number of ether oxygens (including phenoxy) is 1. The molecule has 4 nitrogen and oxygen atoms in total. The molecule has 4 rings (SSSR count). The number of hydrogen-bond acceptors (Lipinski definition) is 4. The highest BCUT2D eigenvalue weighted by Gasteiger charge is 2.27. The van der Waals surface area contributed by atoms with Gasteiger partial charge in [-0.15, -0.1) is 0 Å². The molecule has 0 amide bonds. The molecule has 0 fully saturated rings. The normalized spacial score (nSPS) is 14.0. The van der Waals surface area contributed by atoms with E-state index in [0.29, 0.717) is 16.1 Å². The Morgan fingerprint density at radius 2 is 1.81 bits per heavy atom. The van der Waals surface area contributed by atoms with Gasteiger partial charge in [-0.1, -0.05) is 29.8 Å². The van der Waals surface area contributed by atoms with Crippen molar-refractivity contribution in [1.29, 1.82) is 0 Å². The number of pyridine rings is 1. The van der Waals surface area contributed by atoms with E-state index in [9.17, 15) is 9.59 Å². The van der Waals surface area contributed by atoms with Gasteiger partial charge in [-0.05, 0) is 62.1 Å². The van der Waals surface area contributed by atoms with Crippen molar-refractivity contribution in [2.24, 2.45) is 0 Å². The Morgan fingerprint density at radius 1 is 1.07 bits per heavy atom. The van der Waals surface area contributed by atoms with Crippen LogP contribution in [0.5, 0.6) is 0 Å². The van der Waals surface area contributed by atoms with Crippen LogP contribution in [-0.2, 0) is 17.6 Å². The molecule has 0 saturated carbocycles. The largest absolute Gasteiger partial charge is 0.451 e. The number of rotatable bonds is 4. The van der Waals surface area contributed by atoms with Gasteiger partial charge in [0.2, 0.25) is 5.78 Å². The van der Waals surface area contributed by atoms with Crippen LogP contribution in [0.2, 0.25) is 5.02 Å². The van der Waals surface area contributed by atoms with Crippen LogP contribution in [0.3, 0.4) is 0 Å². The number of hydrogen-bond donors (Lipinski definition) is 0. The van der Waals surface area contributed by atoms with Crippen molar-refractivity contribution >= 4 is 34.3 Å². The third-order valence-corrected chi connectivity index (χ3v) is 5.16. The molecule has 1 aliphatic carbocycles. The molecule has 1 aromatic heterocycles. The Labute approximate surface area is 162 Å². The summed E-state index contributed by atoms with van der Waals surface area (Å²) in [5.41, 5.74) is 3.69. The van der Waals surface area contributed by atoms with Crippen molar-refractivity contribution in [3.63, 3.8) is 0 Å². The molecule has 1 heterocycles. The first-order valence-electron chi connectivity index (χ1n) is 8.96. The lowest BCUT2D eigenvalue weighted by molar-refractivity contribution is 0.0319. The van der Waals surface area contributed by atoms with Crippen LogP contribution in [0, 0.1) is 0 Å². The number of carbonyl (C=O) groups is 2. The van der Waals surface area contributed by atoms with Crippen LogP contribution >= 0.6 is 11.6 Å². The van der Waals surface area contributed by atoms with Gasteiger partial charge < -0.3 is 4.74 Å². The molecule has 1 aliphatic rings. The van der Waals surface area contributed by atoms with Crippen molar-refractivity contribution in [3.05, 3.63) is 75.9 Å². The maximum atomic E-state index is 13.0. The number of esters is 1. The first kappa shape index (κ1) is 17.7. The number of halogens is 1. The van der Waals surface area contributed by atoms with E-state index in [4.69, 9.17) is 16.3 Å². The van der Waals surface area contributed by atoms with E-state index in [1.165, 1.54) is 0 Å². The Bertz CT molecular complexity index is 1040. The monoisotopic (exact) mass is 379 g/mol. The highest BCUT2D eigenvalue weighted by Crippen LogP contribution is 2.30. The number of carbonyl (C=O) groups excluding carboxylic acids is 2. The second kappa shape index (κ2) is 7.12. The first-order chi connectivity index (χ1) is 13.0. The Morgan fingerprint density at radius 3 is 2.59 bits per heavy atom. The fourth-order valence-corrected chi connectivity index (χ4v) is 3.69. The lowest BCUT2D eigenvalue weighted by atomic mass is 10.0. The average molecular weight is 380 g/mol. The molecule has 0 bridgehead atoms. The van der Waals surface area contributed by atoms with Crippen LogP contribution in [0.1, 0.15) is 45.3 Å². The predicted molar refractivity (Wildman–Crippen MR) is 104 cm³/mol. The predicted octanol–water partition coefficient (Wildman–Crippen LogP) is 4.81. The van der Waals surface area contributed by atoms with Crippen molar-refractivity contribution < 1.29 is 14.3 Å². The maximum absolute atomic E-state index is 13.0. The molecule has 0 aliphatic heterocycles. The zero-order chi connectivity index (χ0) is 19.0. The summed E-state index contributed by atoms with van der Waals surface area (Å²) in [6.07, 6.45) is 1.75. The van der Waals surface area contributed by atoms with Gasteiger partial charge in [0.25, 0.3) is 0 Å². The molecule has 0 unspecified atom stereocenters. The number of para-hydroxylation sites is 1. The molecule has 0 N–H and O–H groups in total. The third kappa shape index (κ3) is 3.33. The highest BCUT2D eigenvalue weighted by molar-refractivity contribution is 6.30. The Hall–Kier alpha value is -2.72. The van der Waals surface area contributed by atoms with Gasteiger partial charge in [0.15, 0.2) is 6.10 Å². The molecular weight excluding hydrogens is 362 g/mol. The van der Waals surface area contributed by atoms with E-state index >= 15 is 0 Å². The van der Waals surface area contributed by atoms with E-state index in [1.54, 1.807) is 31.2 Å². The van der Waals surface area contributed by atoms with Gasteiger partial charge >= 0.3 is 5.97 Å². The van der Waals surface area contributed by atoms with Gasteiger partial charge in [0.05, 0.1) is 11.1 Å². The zero-order valence-corrected chi connectivity index (χ0v) is 15.6. The summed E-state index contributed by atoms with van der Waals surface area (Å²) in [6, 6.07) is 14.1. The van der Waals surface area contributed by atoms with Gasteiger partial charge in [-0.2, -0.15) is 0 Å². The molecule has 1 atom stereocenters. The number of aryl methyl sites for hydroxylation is 1. The molecule has 2 aromatic carbocycles. The van der Waals surface area contributed by atoms with E-state index < -0.39 is 12.1 Å².